The molecule has 0 aliphatic heterocycles. The van der Waals surface area contributed by atoms with E-state index in [1.807, 2.05) is 27.7 Å². The molecule has 19 heavy (non-hydrogen) atoms. The van der Waals surface area contributed by atoms with Crippen LogP contribution in [-0.2, 0) is 9.53 Å². The standard InChI is InChI=1S/C13H23F3O2S/c1-9(2)8-18-12(17)11(10(3)4)19-7-5-6-13(14,15)16/h9-11H,5-8H2,1-4H3. The van der Waals surface area contributed by atoms with Crippen molar-refractivity contribution in [3.63, 3.8) is 0 Å². The maximum Gasteiger partial charge on any atom is 0.389 e. The third-order valence-electron chi connectivity index (χ3n) is 2.30. The first-order valence-corrected chi connectivity index (χ1v) is 7.53. The van der Waals surface area contributed by atoms with Crippen molar-refractivity contribution in [3.8, 4) is 0 Å². The van der Waals surface area contributed by atoms with Crippen molar-refractivity contribution in [2.24, 2.45) is 11.8 Å². The lowest BCUT2D eigenvalue weighted by atomic mass is 10.1. The number of hydrogen-bond donors (Lipinski definition) is 0. The lowest BCUT2D eigenvalue weighted by molar-refractivity contribution is -0.144. The van der Waals surface area contributed by atoms with E-state index >= 15 is 0 Å². The minimum absolute atomic E-state index is 0.0366. The second-order valence-corrected chi connectivity index (χ2v) is 6.53. The predicted octanol–water partition coefficient (Wildman–Crippen LogP) is 4.29. The number of thioether (sulfide) groups is 1. The maximum absolute atomic E-state index is 12.0. The molecule has 0 N–H and O–H groups in total. The Balaban J connectivity index is 4.09. The number of hydrogen-bond acceptors (Lipinski definition) is 3. The fourth-order valence-corrected chi connectivity index (χ4v) is 2.50. The van der Waals surface area contributed by atoms with Crippen LogP contribution >= 0.6 is 11.8 Å². The van der Waals surface area contributed by atoms with E-state index in [1.54, 1.807) is 0 Å². The largest absolute Gasteiger partial charge is 0.465 e. The molecule has 0 aliphatic rings. The first-order valence-electron chi connectivity index (χ1n) is 6.48. The predicted molar refractivity (Wildman–Crippen MR) is 72.2 cm³/mol. The van der Waals surface area contributed by atoms with Gasteiger partial charge in [-0.05, 0) is 24.0 Å². The summed E-state index contributed by atoms with van der Waals surface area (Å²) in [7, 11) is 0. The molecule has 6 heteroatoms. The lowest BCUT2D eigenvalue weighted by Crippen LogP contribution is -2.27. The van der Waals surface area contributed by atoms with E-state index in [1.165, 1.54) is 11.8 Å². The Labute approximate surface area is 117 Å². The summed E-state index contributed by atoms with van der Waals surface area (Å²) in [4.78, 5) is 11.8. The van der Waals surface area contributed by atoms with Crippen molar-refractivity contribution in [3.05, 3.63) is 0 Å². The van der Waals surface area contributed by atoms with Gasteiger partial charge in [-0.25, -0.2) is 0 Å². The van der Waals surface area contributed by atoms with Gasteiger partial charge in [-0.2, -0.15) is 13.2 Å². The van der Waals surface area contributed by atoms with Crippen LogP contribution in [0, 0.1) is 11.8 Å². The van der Waals surface area contributed by atoms with Crippen LogP contribution in [0.4, 0.5) is 13.2 Å². The van der Waals surface area contributed by atoms with Crippen molar-refractivity contribution >= 4 is 17.7 Å². The van der Waals surface area contributed by atoms with Gasteiger partial charge in [0.2, 0.25) is 0 Å². The monoisotopic (exact) mass is 300 g/mol. The lowest BCUT2D eigenvalue weighted by Gasteiger charge is -2.19. The van der Waals surface area contributed by atoms with Crippen LogP contribution in [0.25, 0.3) is 0 Å². The van der Waals surface area contributed by atoms with E-state index in [2.05, 4.69) is 0 Å². The summed E-state index contributed by atoms with van der Waals surface area (Å²) in [5.74, 6) is 0.308. The first kappa shape index (κ1) is 18.6. The molecule has 0 aromatic heterocycles. The zero-order valence-corrected chi connectivity index (χ0v) is 12.7. The molecular formula is C13H23F3O2S. The van der Waals surface area contributed by atoms with Crippen LogP contribution < -0.4 is 0 Å². The molecule has 0 saturated heterocycles. The van der Waals surface area contributed by atoms with Gasteiger partial charge in [0.05, 0.1) is 6.61 Å². The van der Waals surface area contributed by atoms with Crippen molar-refractivity contribution in [2.45, 2.75) is 52.0 Å². The molecule has 0 spiro atoms. The number of esters is 1. The van der Waals surface area contributed by atoms with Gasteiger partial charge in [0, 0.05) is 6.42 Å². The highest BCUT2D eigenvalue weighted by Gasteiger charge is 2.28. The van der Waals surface area contributed by atoms with Crippen LogP contribution in [0.2, 0.25) is 0 Å². The second-order valence-electron chi connectivity index (χ2n) is 5.28. The van der Waals surface area contributed by atoms with Gasteiger partial charge in [0.1, 0.15) is 5.25 Å². The minimum Gasteiger partial charge on any atom is -0.465 e. The van der Waals surface area contributed by atoms with E-state index in [4.69, 9.17) is 4.74 Å². The number of carbonyl (C=O) groups is 1. The van der Waals surface area contributed by atoms with Gasteiger partial charge < -0.3 is 4.74 Å². The van der Waals surface area contributed by atoms with Crippen LogP contribution in [0.3, 0.4) is 0 Å². The van der Waals surface area contributed by atoms with Gasteiger partial charge in [0.15, 0.2) is 0 Å². The molecule has 0 fully saturated rings. The zero-order chi connectivity index (χ0) is 15.1. The van der Waals surface area contributed by atoms with Crippen LogP contribution in [0.5, 0.6) is 0 Å². The molecule has 0 aromatic carbocycles. The minimum atomic E-state index is -4.12. The molecule has 0 heterocycles. The summed E-state index contributed by atoms with van der Waals surface area (Å²) in [6.45, 7) is 7.98. The Hall–Kier alpha value is -0.390. The summed E-state index contributed by atoms with van der Waals surface area (Å²) in [6.07, 6.45) is -4.88. The number of alkyl halides is 3. The molecule has 114 valence electrons. The number of carbonyl (C=O) groups excluding carboxylic acids is 1. The fraction of sp³-hybridized carbons (Fsp3) is 0.923. The average molecular weight is 300 g/mol. The Morgan fingerprint density at radius 1 is 1.21 bits per heavy atom. The maximum atomic E-state index is 12.0. The Morgan fingerprint density at radius 3 is 2.21 bits per heavy atom. The SMILES string of the molecule is CC(C)COC(=O)C(SCCCC(F)(F)F)C(C)C. The number of rotatable bonds is 8. The van der Waals surface area contributed by atoms with E-state index in [0.29, 0.717) is 12.4 Å². The van der Waals surface area contributed by atoms with Crippen molar-refractivity contribution < 1.29 is 22.7 Å². The number of ether oxygens (including phenoxy) is 1. The highest BCUT2D eigenvalue weighted by atomic mass is 32.2. The summed E-state index contributed by atoms with van der Waals surface area (Å²) < 4.78 is 41.2. The van der Waals surface area contributed by atoms with Gasteiger partial charge in [-0.15, -0.1) is 11.8 Å². The molecule has 0 aliphatic carbocycles. The van der Waals surface area contributed by atoms with Gasteiger partial charge in [-0.1, -0.05) is 27.7 Å². The highest BCUT2D eigenvalue weighted by molar-refractivity contribution is 8.00. The van der Waals surface area contributed by atoms with E-state index in [9.17, 15) is 18.0 Å². The zero-order valence-electron chi connectivity index (χ0n) is 11.9. The van der Waals surface area contributed by atoms with E-state index in [0.717, 1.165) is 0 Å². The molecule has 1 unspecified atom stereocenters. The molecular weight excluding hydrogens is 277 g/mol. The average Bonchev–Trinajstić information content (AvgIpc) is 2.23. The molecule has 1 atom stereocenters. The highest BCUT2D eigenvalue weighted by Crippen LogP contribution is 2.26. The molecule has 0 saturated carbocycles. The molecule has 0 radical (unpaired) electrons. The van der Waals surface area contributed by atoms with Crippen molar-refractivity contribution in [1.29, 1.82) is 0 Å². The molecule has 2 nitrogen and oxygen atoms in total. The van der Waals surface area contributed by atoms with E-state index in [-0.39, 0.29) is 29.5 Å². The van der Waals surface area contributed by atoms with E-state index < -0.39 is 12.6 Å². The smallest absolute Gasteiger partial charge is 0.389 e. The normalized spacial score (nSPS) is 13.9. The quantitative estimate of drug-likeness (QED) is 0.494. The summed E-state index contributed by atoms with van der Waals surface area (Å²) in [5.41, 5.74) is 0. The molecule has 0 rings (SSSR count). The third kappa shape index (κ3) is 10.1. The Kier molecular flexibility index (Phi) is 8.54. The first-order chi connectivity index (χ1) is 8.63. The van der Waals surface area contributed by atoms with Crippen LogP contribution in [-0.4, -0.2) is 29.8 Å². The summed E-state index contributed by atoms with van der Waals surface area (Å²) >= 11 is 1.26. The summed E-state index contributed by atoms with van der Waals surface area (Å²) in [6, 6.07) is 0. The molecule has 0 aromatic rings. The topological polar surface area (TPSA) is 26.3 Å². The van der Waals surface area contributed by atoms with Crippen molar-refractivity contribution in [1.82, 2.24) is 0 Å². The second kappa shape index (κ2) is 8.72. The van der Waals surface area contributed by atoms with Gasteiger partial charge >= 0.3 is 12.1 Å². The Morgan fingerprint density at radius 2 is 1.79 bits per heavy atom. The Bertz CT molecular complexity index is 265. The number of halogens is 3. The van der Waals surface area contributed by atoms with Crippen LogP contribution in [0.15, 0.2) is 0 Å². The van der Waals surface area contributed by atoms with Crippen LogP contribution in [0.1, 0.15) is 40.5 Å². The van der Waals surface area contributed by atoms with Gasteiger partial charge in [0.25, 0.3) is 0 Å². The third-order valence-corrected chi connectivity index (χ3v) is 3.92. The summed E-state index contributed by atoms with van der Waals surface area (Å²) in [5, 5.41) is -0.382. The molecule has 0 amide bonds. The van der Waals surface area contributed by atoms with Crippen molar-refractivity contribution in [2.75, 3.05) is 12.4 Å². The van der Waals surface area contributed by atoms with Gasteiger partial charge in [-0.3, -0.25) is 4.79 Å². The fourth-order valence-electron chi connectivity index (χ4n) is 1.35. The molecule has 0 bridgehead atoms.